The number of rotatable bonds is 0. The molecule has 0 atom stereocenters. The summed E-state index contributed by atoms with van der Waals surface area (Å²) >= 11 is 5.45. The van der Waals surface area contributed by atoms with E-state index >= 15 is 0 Å². The molecule has 1 heterocycles. The first-order valence-electron chi connectivity index (χ1n) is 2.27. The van der Waals surface area contributed by atoms with Crippen molar-refractivity contribution in [3.63, 3.8) is 0 Å². The van der Waals surface area contributed by atoms with Crippen molar-refractivity contribution in [2.24, 2.45) is 0 Å². The average Bonchev–Trinajstić information content (AvgIpc) is 1.83. The highest BCUT2D eigenvalue weighted by atomic mass is 127. The van der Waals surface area contributed by atoms with Gasteiger partial charge in [-0.2, -0.15) is 0 Å². The normalized spacial score (nSPS) is 9.56. The Balaban J connectivity index is 3.25. The van der Waals surface area contributed by atoms with Crippen LogP contribution in [0, 0.1) is 3.57 Å². The highest BCUT2D eigenvalue weighted by Gasteiger charge is 1.97. The molecule has 0 saturated heterocycles. The summed E-state index contributed by atoms with van der Waals surface area (Å²) in [6, 6.07) is 1.86. The van der Waals surface area contributed by atoms with Crippen LogP contribution in [0.5, 0.6) is 0 Å². The SMILES string of the molecule is Nc1nccc(Br)c1I. The fraction of sp³-hybridized carbons (Fsp3) is 0. The lowest BCUT2D eigenvalue weighted by Gasteiger charge is -1.96. The summed E-state index contributed by atoms with van der Waals surface area (Å²) < 4.78 is 1.96. The maximum atomic E-state index is 5.47. The van der Waals surface area contributed by atoms with Gasteiger partial charge in [-0.25, -0.2) is 4.98 Å². The molecule has 0 saturated carbocycles. The third-order valence-electron chi connectivity index (χ3n) is 0.869. The molecule has 0 aromatic carbocycles. The minimum atomic E-state index is 0.574. The maximum Gasteiger partial charge on any atom is 0.137 e. The van der Waals surface area contributed by atoms with Crippen LogP contribution in [0.3, 0.4) is 0 Å². The second kappa shape index (κ2) is 2.83. The van der Waals surface area contributed by atoms with E-state index in [9.17, 15) is 0 Å². The zero-order chi connectivity index (χ0) is 6.85. The van der Waals surface area contributed by atoms with E-state index in [1.807, 2.05) is 6.07 Å². The van der Waals surface area contributed by atoms with E-state index in [1.165, 1.54) is 0 Å². The van der Waals surface area contributed by atoms with Crippen LogP contribution in [0.1, 0.15) is 0 Å². The number of nitrogen functional groups attached to an aromatic ring is 1. The second-order valence-electron chi connectivity index (χ2n) is 1.49. The predicted octanol–water partition coefficient (Wildman–Crippen LogP) is 2.03. The Hall–Kier alpha value is 0.160. The largest absolute Gasteiger partial charge is 0.383 e. The van der Waals surface area contributed by atoms with Gasteiger partial charge in [0.15, 0.2) is 0 Å². The Morgan fingerprint density at radius 1 is 1.67 bits per heavy atom. The molecule has 1 aromatic heterocycles. The van der Waals surface area contributed by atoms with Crippen LogP contribution < -0.4 is 5.73 Å². The Morgan fingerprint density at radius 2 is 2.33 bits per heavy atom. The molecule has 1 rings (SSSR count). The lowest BCUT2D eigenvalue weighted by Crippen LogP contribution is -1.92. The summed E-state index contributed by atoms with van der Waals surface area (Å²) in [5.74, 6) is 0.574. The highest BCUT2D eigenvalue weighted by Crippen LogP contribution is 2.21. The van der Waals surface area contributed by atoms with Crippen molar-refractivity contribution >= 4 is 44.3 Å². The number of halogens is 2. The van der Waals surface area contributed by atoms with Crippen LogP contribution in [-0.4, -0.2) is 4.98 Å². The van der Waals surface area contributed by atoms with Crippen molar-refractivity contribution in [3.8, 4) is 0 Å². The number of nitrogens with two attached hydrogens (primary N) is 1. The standard InChI is InChI=1S/C5H4BrIN2/c6-3-1-2-9-5(8)4(3)7/h1-2H,(H2,8,9). The minimum absolute atomic E-state index is 0.574. The first-order chi connectivity index (χ1) is 4.22. The molecule has 9 heavy (non-hydrogen) atoms. The van der Waals surface area contributed by atoms with E-state index in [-0.39, 0.29) is 0 Å². The summed E-state index contributed by atoms with van der Waals surface area (Å²) in [4.78, 5) is 3.88. The molecule has 0 aliphatic heterocycles. The van der Waals surface area contributed by atoms with E-state index < -0.39 is 0 Å². The Morgan fingerprint density at radius 3 is 2.78 bits per heavy atom. The van der Waals surface area contributed by atoms with Crippen LogP contribution >= 0.6 is 38.5 Å². The quantitative estimate of drug-likeness (QED) is 0.745. The second-order valence-corrected chi connectivity index (χ2v) is 3.43. The first kappa shape index (κ1) is 7.27. The third kappa shape index (κ3) is 1.54. The van der Waals surface area contributed by atoms with Crippen molar-refractivity contribution in [2.75, 3.05) is 5.73 Å². The van der Waals surface area contributed by atoms with Crippen molar-refractivity contribution in [1.82, 2.24) is 4.98 Å². The molecule has 0 unspecified atom stereocenters. The lowest BCUT2D eigenvalue weighted by atomic mass is 10.5. The van der Waals surface area contributed by atoms with Gasteiger partial charge in [0, 0.05) is 10.7 Å². The number of aromatic nitrogens is 1. The monoisotopic (exact) mass is 298 g/mol. The van der Waals surface area contributed by atoms with E-state index in [0.29, 0.717) is 5.82 Å². The Kier molecular flexibility index (Phi) is 2.29. The molecule has 0 aliphatic rings. The predicted molar refractivity (Wildman–Crippen MR) is 49.1 cm³/mol. The number of anilines is 1. The zero-order valence-electron chi connectivity index (χ0n) is 4.44. The van der Waals surface area contributed by atoms with Gasteiger partial charge in [-0.3, -0.25) is 0 Å². The van der Waals surface area contributed by atoms with Crippen molar-refractivity contribution in [3.05, 3.63) is 20.3 Å². The Labute approximate surface area is 75.1 Å². The molecule has 0 bridgehead atoms. The van der Waals surface area contributed by atoms with Gasteiger partial charge in [-0.1, -0.05) is 0 Å². The molecule has 1 aromatic rings. The van der Waals surface area contributed by atoms with E-state index in [2.05, 4.69) is 43.5 Å². The number of hydrogen-bond acceptors (Lipinski definition) is 2. The lowest BCUT2D eigenvalue weighted by molar-refractivity contribution is 1.30. The van der Waals surface area contributed by atoms with Crippen molar-refractivity contribution < 1.29 is 0 Å². The smallest absolute Gasteiger partial charge is 0.137 e. The number of hydrogen-bond donors (Lipinski definition) is 1. The molecule has 0 fully saturated rings. The fourth-order valence-corrected chi connectivity index (χ4v) is 1.08. The number of pyridine rings is 1. The third-order valence-corrected chi connectivity index (χ3v) is 3.40. The number of nitrogens with zero attached hydrogens (tertiary/aromatic N) is 1. The van der Waals surface area contributed by atoms with Crippen molar-refractivity contribution in [2.45, 2.75) is 0 Å². The van der Waals surface area contributed by atoms with Gasteiger partial charge in [0.1, 0.15) is 5.82 Å². The van der Waals surface area contributed by atoms with Gasteiger partial charge < -0.3 is 5.73 Å². The molecule has 48 valence electrons. The topological polar surface area (TPSA) is 38.9 Å². The van der Waals surface area contributed by atoms with Gasteiger partial charge >= 0.3 is 0 Å². The van der Waals surface area contributed by atoms with Gasteiger partial charge in [0.05, 0.1) is 3.57 Å². The van der Waals surface area contributed by atoms with Gasteiger partial charge in [-0.15, -0.1) is 0 Å². The molecule has 2 nitrogen and oxygen atoms in total. The van der Waals surface area contributed by atoms with Crippen molar-refractivity contribution in [1.29, 1.82) is 0 Å². The van der Waals surface area contributed by atoms with Crippen LogP contribution in [-0.2, 0) is 0 Å². The summed E-state index contributed by atoms with van der Waals surface area (Å²) in [5.41, 5.74) is 5.47. The van der Waals surface area contributed by atoms with Gasteiger partial charge in [-0.05, 0) is 44.6 Å². The molecule has 4 heteroatoms. The minimum Gasteiger partial charge on any atom is -0.383 e. The molecular weight excluding hydrogens is 295 g/mol. The summed E-state index contributed by atoms with van der Waals surface area (Å²) in [6.07, 6.45) is 1.67. The summed E-state index contributed by atoms with van der Waals surface area (Å²) in [6.45, 7) is 0. The highest BCUT2D eigenvalue weighted by molar-refractivity contribution is 14.1. The van der Waals surface area contributed by atoms with Crippen LogP contribution in [0.25, 0.3) is 0 Å². The molecule has 0 amide bonds. The summed E-state index contributed by atoms with van der Waals surface area (Å²) in [7, 11) is 0. The maximum absolute atomic E-state index is 5.47. The zero-order valence-corrected chi connectivity index (χ0v) is 8.18. The molecular formula is C5H4BrIN2. The van der Waals surface area contributed by atoms with Gasteiger partial charge in [0.2, 0.25) is 0 Å². The molecule has 0 spiro atoms. The average molecular weight is 299 g/mol. The van der Waals surface area contributed by atoms with Crippen LogP contribution in [0.2, 0.25) is 0 Å². The fourth-order valence-electron chi connectivity index (χ4n) is 0.435. The van der Waals surface area contributed by atoms with E-state index in [0.717, 1.165) is 8.04 Å². The molecule has 0 aliphatic carbocycles. The first-order valence-corrected chi connectivity index (χ1v) is 4.14. The van der Waals surface area contributed by atoms with Gasteiger partial charge in [0.25, 0.3) is 0 Å². The van der Waals surface area contributed by atoms with E-state index in [4.69, 9.17) is 5.73 Å². The molecule has 2 N–H and O–H groups in total. The van der Waals surface area contributed by atoms with E-state index in [1.54, 1.807) is 6.20 Å². The molecule has 0 radical (unpaired) electrons. The van der Waals surface area contributed by atoms with Crippen LogP contribution in [0.15, 0.2) is 16.7 Å². The summed E-state index contributed by atoms with van der Waals surface area (Å²) in [5, 5.41) is 0. The Bertz CT molecular complexity index is 206. The van der Waals surface area contributed by atoms with Crippen LogP contribution in [0.4, 0.5) is 5.82 Å².